The first-order valence-corrected chi connectivity index (χ1v) is 16.0. The Morgan fingerprint density at radius 1 is 1.12 bits per heavy atom. The zero-order valence-corrected chi connectivity index (χ0v) is 25.3. The van der Waals surface area contributed by atoms with Crippen LogP contribution in [0, 0.1) is 17.8 Å². The molecule has 1 N–H and O–H groups in total. The molecule has 2 bridgehead atoms. The number of unbranched alkanes of at least 4 members (excludes halogenated alkanes) is 3. The zero-order valence-electron chi connectivity index (χ0n) is 24.5. The van der Waals surface area contributed by atoms with Crippen LogP contribution in [0.2, 0.25) is 0 Å². The fraction of sp³-hybridized carbons (Fsp3) is 0.500. The minimum absolute atomic E-state index is 0.0544. The van der Waals surface area contributed by atoms with E-state index < -0.39 is 22.6 Å². The number of carbonyl (C=O) groups excluding carboxylic acids is 3. The van der Waals surface area contributed by atoms with Gasteiger partial charge in [-0.1, -0.05) is 49.4 Å². The summed E-state index contributed by atoms with van der Waals surface area (Å²) in [5.74, 6) is -1.67. The number of carbonyl (C=O) groups is 3. The van der Waals surface area contributed by atoms with Crippen LogP contribution in [0.15, 0.2) is 67.8 Å². The van der Waals surface area contributed by atoms with Crippen molar-refractivity contribution >= 4 is 46.0 Å². The number of benzene rings is 2. The van der Waals surface area contributed by atoms with Gasteiger partial charge in [0.05, 0.1) is 23.2 Å². The molecule has 2 amide bonds. The van der Waals surface area contributed by atoms with Crippen molar-refractivity contribution in [3.05, 3.63) is 67.8 Å². The normalized spacial score (nSPS) is 27.7. The quantitative estimate of drug-likeness (QED) is 0.181. The number of aliphatic hydroxyl groups is 1. The molecule has 7 nitrogen and oxygen atoms in total. The van der Waals surface area contributed by atoms with Gasteiger partial charge in [-0.2, -0.15) is 0 Å². The van der Waals surface area contributed by atoms with Gasteiger partial charge in [0.15, 0.2) is 0 Å². The van der Waals surface area contributed by atoms with Crippen LogP contribution in [0.25, 0.3) is 10.8 Å². The lowest BCUT2D eigenvalue weighted by atomic mass is 9.66. The Hall–Kier alpha value is -3.10. The van der Waals surface area contributed by atoms with Crippen LogP contribution in [0.4, 0.5) is 5.69 Å². The Morgan fingerprint density at radius 3 is 2.64 bits per heavy atom. The maximum absolute atomic E-state index is 14.8. The standard InChI is InChI=1S/C34H42N2O5S/c1-4-6-12-20-41-33(40)28-27-21-23(3)34(42-27)29(28)31(38)36(18-10-7-11-19-37)30(34)32(39)35(17-5-2)26-16-15-24-13-8-9-14-25(24)22-26/h4-5,8-9,13-16,22-23,27-30,37H,1-2,6-7,10-12,17-21H2,3H3/t23?,27-,28+,29+,30?,34?/m1/s1. The van der Waals surface area contributed by atoms with E-state index in [1.807, 2.05) is 42.5 Å². The molecule has 3 aliphatic rings. The number of rotatable bonds is 14. The van der Waals surface area contributed by atoms with Gasteiger partial charge in [-0.05, 0) is 67.3 Å². The molecule has 42 heavy (non-hydrogen) atoms. The van der Waals surface area contributed by atoms with Gasteiger partial charge in [-0.3, -0.25) is 14.4 Å². The average molecular weight is 591 g/mol. The summed E-state index contributed by atoms with van der Waals surface area (Å²) in [5, 5.41) is 11.4. The first-order valence-electron chi connectivity index (χ1n) is 15.2. The molecule has 0 radical (unpaired) electrons. The molecule has 0 aromatic heterocycles. The summed E-state index contributed by atoms with van der Waals surface area (Å²) in [6, 6.07) is 13.3. The molecule has 3 unspecified atom stereocenters. The van der Waals surface area contributed by atoms with Crippen molar-refractivity contribution in [1.82, 2.24) is 4.90 Å². The topological polar surface area (TPSA) is 87.1 Å². The third-order valence-corrected chi connectivity index (χ3v) is 11.3. The molecule has 6 atom stereocenters. The van der Waals surface area contributed by atoms with E-state index in [9.17, 15) is 19.5 Å². The Balaban J connectivity index is 1.52. The summed E-state index contributed by atoms with van der Waals surface area (Å²) in [5.41, 5.74) is 0.759. The highest BCUT2D eigenvalue weighted by atomic mass is 32.2. The number of amides is 2. The first kappa shape index (κ1) is 30.4. The number of esters is 1. The van der Waals surface area contributed by atoms with E-state index in [1.165, 1.54) is 0 Å². The number of hydrogen-bond donors (Lipinski definition) is 1. The Kier molecular flexibility index (Phi) is 9.43. The van der Waals surface area contributed by atoms with E-state index >= 15 is 0 Å². The van der Waals surface area contributed by atoms with Gasteiger partial charge in [0.25, 0.3) is 5.91 Å². The van der Waals surface area contributed by atoms with Crippen LogP contribution in [0.3, 0.4) is 0 Å². The molecule has 8 heteroatoms. The smallest absolute Gasteiger partial charge is 0.310 e. The molecule has 1 spiro atoms. The summed E-state index contributed by atoms with van der Waals surface area (Å²) in [7, 11) is 0. The lowest BCUT2D eigenvalue weighted by Crippen LogP contribution is -2.57. The summed E-state index contributed by atoms with van der Waals surface area (Å²) >= 11 is 1.67. The predicted molar refractivity (Wildman–Crippen MR) is 168 cm³/mol. The maximum Gasteiger partial charge on any atom is 0.310 e. The van der Waals surface area contributed by atoms with Gasteiger partial charge in [0.1, 0.15) is 6.04 Å². The fourth-order valence-electron chi connectivity index (χ4n) is 7.32. The monoisotopic (exact) mass is 590 g/mol. The fourth-order valence-corrected chi connectivity index (χ4v) is 9.72. The minimum atomic E-state index is -0.711. The van der Waals surface area contributed by atoms with Gasteiger partial charge in [-0.15, -0.1) is 24.9 Å². The molecule has 2 aromatic carbocycles. The molecule has 2 aromatic rings. The summed E-state index contributed by atoms with van der Waals surface area (Å²) in [4.78, 5) is 46.1. The Labute approximate surface area is 253 Å². The molecular weight excluding hydrogens is 548 g/mol. The molecule has 3 saturated heterocycles. The van der Waals surface area contributed by atoms with Crippen molar-refractivity contribution in [2.45, 2.75) is 61.5 Å². The molecular formula is C34H42N2O5S. The molecule has 3 heterocycles. The highest BCUT2D eigenvalue weighted by molar-refractivity contribution is 8.02. The minimum Gasteiger partial charge on any atom is -0.465 e. The highest BCUT2D eigenvalue weighted by Crippen LogP contribution is 2.68. The van der Waals surface area contributed by atoms with E-state index in [1.54, 1.807) is 33.7 Å². The molecule has 3 aliphatic heterocycles. The number of thioether (sulfide) groups is 1. The summed E-state index contributed by atoms with van der Waals surface area (Å²) in [6.07, 6.45) is 7.80. The van der Waals surface area contributed by atoms with Crippen LogP contribution < -0.4 is 4.90 Å². The van der Waals surface area contributed by atoms with Crippen LogP contribution in [0.1, 0.15) is 45.4 Å². The van der Waals surface area contributed by atoms with Gasteiger partial charge in [-0.25, -0.2) is 0 Å². The van der Waals surface area contributed by atoms with Crippen molar-refractivity contribution < 1.29 is 24.2 Å². The van der Waals surface area contributed by atoms with Crippen molar-refractivity contribution in [2.75, 3.05) is 31.2 Å². The lowest BCUT2D eigenvalue weighted by molar-refractivity contribution is -0.154. The number of anilines is 1. The second-order valence-corrected chi connectivity index (χ2v) is 13.3. The van der Waals surface area contributed by atoms with Crippen LogP contribution in [-0.4, -0.2) is 70.1 Å². The Morgan fingerprint density at radius 2 is 1.90 bits per heavy atom. The Bertz CT molecular complexity index is 1350. The number of likely N-dealkylation sites (tertiary alicyclic amines) is 1. The van der Waals surface area contributed by atoms with Gasteiger partial charge in [0, 0.05) is 30.6 Å². The van der Waals surface area contributed by atoms with E-state index in [4.69, 9.17) is 4.74 Å². The molecule has 3 fully saturated rings. The SMILES string of the molecule is C=CCCCOC(=O)[C@@H]1[C@H]2C(=O)N(CCCCCO)C(C(=O)N(CC=C)c3ccc4ccccc4c3)C23S[C@@H]1CC3C. The third kappa shape index (κ3) is 5.28. The van der Waals surface area contributed by atoms with Crippen LogP contribution >= 0.6 is 11.8 Å². The maximum atomic E-state index is 14.8. The summed E-state index contributed by atoms with van der Waals surface area (Å²) < 4.78 is 4.99. The average Bonchev–Trinajstić information content (AvgIpc) is 3.59. The van der Waals surface area contributed by atoms with Crippen molar-refractivity contribution in [3.8, 4) is 0 Å². The van der Waals surface area contributed by atoms with E-state index in [-0.39, 0.29) is 35.6 Å². The largest absolute Gasteiger partial charge is 0.465 e. The molecule has 224 valence electrons. The number of nitrogens with zero attached hydrogens (tertiary/aromatic N) is 2. The second-order valence-electron chi connectivity index (χ2n) is 11.7. The zero-order chi connectivity index (χ0) is 29.9. The number of aliphatic hydroxyl groups excluding tert-OH is 1. The van der Waals surface area contributed by atoms with Crippen molar-refractivity contribution in [3.63, 3.8) is 0 Å². The summed E-state index contributed by atoms with van der Waals surface area (Å²) in [6.45, 7) is 10.9. The van der Waals surface area contributed by atoms with E-state index in [2.05, 4.69) is 20.1 Å². The van der Waals surface area contributed by atoms with Gasteiger partial charge in [0.2, 0.25) is 5.91 Å². The molecule has 0 aliphatic carbocycles. The van der Waals surface area contributed by atoms with Crippen LogP contribution in [0.5, 0.6) is 0 Å². The second kappa shape index (κ2) is 13.0. The van der Waals surface area contributed by atoms with Crippen LogP contribution in [-0.2, 0) is 19.1 Å². The molecule has 5 rings (SSSR count). The lowest BCUT2D eigenvalue weighted by Gasteiger charge is -2.40. The van der Waals surface area contributed by atoms with E-state index in [0.29, 0.717) is 39.0 Å². The van der Waals surface area contributed by atoms with Crippen molar-refractivity contribution in [1.29, 1.82) is 0 Å². The highest BCUT2D eigenvalue weighted by Gasteiger charge is 2.76. The third-order valence-electron chi connectivity index (χ3n) is 9.23. The van der Waals surface area contributed by atoms with E-state index in [0.717, 1.165) is 35.7 Å². The number of allylic oxidation sites excluding steroid dienone is 1. The number of ether oxygens (including phenoxy) is 1. The van der Waals surface area contributed by atoms with Crippen molar-refractivity contribution in [2.24, 2.45) is 17.8 Å². The van der Waals surface area contributed by atoms with Gasteiger partial charge >= 0.3 is 5.97 Å². The number of hydrogen-bond acceptors (Lipinski definition) is 6. The molecule has 0 saturated carbocycles. The first-order chi connectivity index (χ1) is 20.4. The predicted octanol–water partition coefficient (Wildman–Crippen LogP) is 5.37. The number of fused-ring (bicyclic) bond motifs is 2. The van der Waals surface area contributed by atoms with Gasteiger partial charge < -0.3 is 19.6 Å².